The van der Waals surface area contributed by atoms with Gasteiger partial charge in [0.05, 0.1) is 0 Å². The molecule has 2 N–H and O–H groups in total. The van der Waals surface area contributed by atoms with Crippen LogP contribution in [0, 0.1) is 11.8 Å². The normalized spacial score (nSPS) is 32.8. The summed E-state index contributed by atoms with van der Waals surface area (Å²) < 4.78 is 0. The lowest BCUT2D eigenvalue weighted by Gasteiger charge is -2.27. The maximum absolute atomic E-state index is 6.45. The van der Waals surface area contributed by atoms with Crippen molar-refractivity contribution in [1.29, 1.82) is 0 Å². The standard InChI is InChI=1S/C13H26N2/c1-15-9-4-7-12(8-10-15)13(14)11-5-2-3-6-11/h11-13H,2-10,14H2,1H3. The Morgan fingerprint density at radius 2 is 1.53 bits per heavy atom. The van der Waals surface area contributed by atoms with Crippen molar-refractivity contribution in [3.8, 4) is 0 Å². The molecule has 1 aliphatic heterocycles. The summed E-state index contributed by atoms with van der Waals surface area (Å²) in [5, 5.41) is 0. The smallest absolute Gasteiger partial charge is 0.00961 e. The monoisotopic (exact) mass is 210 g/mol. The van der Waals surface area contributed by atoms with E-state index in [1.165, 1.54) is 58.0 Å². The summed E-state index contributed by atoms with van der Waals surface area (Å²) in [4.78, 5) is 2.46. The second-order valence-electron chi connectivity index (χ2n) is 5.62. The van der Waals surface area contributed by atoms with Gasteiger partial charge in [-0.1, -0.05) is 12.8 Å². The Morgan fingerprint density at radius 3 is 2.27 bits per heavy atom. The molecule has 0 spiro atoms. The van der Waals surface area contributed by atoms with Crippen molar-refractivity contribution in [3.63, 3.8) is 0 Å². The van der Waals surface area contributed by atoms with Gasteiger partial charge >= 0.3 is 0 Å². The van der Waals surface area contributed by atoms with Gasteiger partial charge < -0.3 is 10.6 Å². The van der Waals surface area contributed by atoms with E-state index in [1.807, 2.05) is 0 Å². The van der Waals surface area contributed by atoms with E-state index < -0.39 is 0 Å². The molecule has 2 heteroatoms. The Kier molecular flexibility index (Phi) is 4.04. The zero-order chi connectivity index (χ0) is 10.7. The fourth-order valence-electron chi connectivity index (χ4n) is 3.38. The lowest BCUT2D eigenvalue weighted by atomic mass is 9.83. The molecule has 1 saturated heterocycles. The van der Waals surface area contributed by atoms with Gasteiger partial charge in [0, 0.05) is 6.04 Å². The Bertz CT molecular complexity index is 187. The Morgan fingerprint density at radius 1 is 0.933 bits per heavy atom. The highest BCUT2D eigenvalue weighted by Crippen LogP contribution is 2.33. The largest absolute Gasteiger partial charge is 0.327 e. The number of hydrogen-bond donors (Lipinski definition) is 1. The van der Waals surface area contributed by atoms with Gasteiger partial charge in [0.2, 0.25) is 0 Å². The van der Waals surface area contributed by atoms with Crippen LogP contribution in [0.5, 0.6) is 0 Å². The molecule has 1 aliphatic carbocycles. The number of hydrogen-bond acceptors (Lipinski definition) is 2. The zero-order valence-electron chi connectivity index (χ0n) is 10.1. The summed E-state index contributed by atoms with van der Waals surface area (Å²) >= 11 is 0. The van der Waals surface area contributed by atoms with Crippen molar-refractivity contribution >= 4 is 0 Å². The lowest BCUT2D eigenvalue weighted by Crippen LogP contribution is -2.37. The summed E-state index contributed by atoms with van der Waals surface area (Å²) in [5.74, 6) is 1.65. The fraction of sp³-hybridized carbons (Fsp3) is 1.00. The van der Waals surface area contributed by atoms with Gasteiger partial charge in [-0.15, -0.1) is 0 Å². The van der Waals surface area contributed by atoms with E-state index in [0.717, 1.165) is 11.8 Å². The first-order valence-corrected chi connectivity index (χ1v) is 6.71. The number of rotatable bonds is 2. The molecule has 2 unspecified atom stereocenters. The van der Waals surface area contributed by atoms with Crippen LogP contribution in [0.2, 0.25) is 0 Å². The van der Waals surface area contributed by atoms with Crippen LogP contribution < -0.4 is 5.73 Å². The second-order valence-corrected chi connectivity index (χ2v) is 5.62. The molecule has 0 aromatic heterocycles. The van der Waals surface area contributed by atoms with E-state index in [9.17, 15) is 0 Å². The van der Waals surface area contributed by atoms with E-state index in [0.29, 0.717) is 6.04 Å². The van der Waals surface area contributed by atoms with Crippen molar-refractivity contribution in [2.24, 2.45) is 17.6 Å². The minimum absolute atomic E-state index is 0.499. The van der Waals surface area contributed by atoms with Gasteiger partial charge in [0.1, 0.15) is 0 Å². The molecule has 1 saturated carbocycles. The summed E-state index contributed by atoms with van der Waals surface area (Å²) in [6.45, 7) is 2.53. The van der Waals surface area contributed by atoms with E-state index in [4.69, 9.17) is 5.73 Å². The number of nitrogens with two attached hydrogens (primary N) is 1. The van der Waals surface area contributed by atoms with E-state index in [2.05, 4.69) is 11.9 Å². The van der Waals surface area contributed by atoms with E-state index in [1.54, 1.807) is 0 Å². The van der Waals surface area contributed by atoms with Crippen LogP contribution in [-0.4, -0.2) is 31.1 Å². The van der Waals surface area contributed by atoms with Gasteiger partial charge in [0.15, 0.2) is 0 Å². The van der Waals surface area contributed by atoms with Gasteiger partial charge in [-0.2, -0.15) is 0 Å². The van der Waals surface area contributed by atoms with Crippen molar-refractivity contribution in [3.05, 3.63) is 0 Å². The molecule has 2 rings (SSSR count). The average molecular weight is 210 g/mol. The summed E-state index contributed by atoms with van der Waals surface area (Å²) in [6, 6.07) is 0.499. The highest BCUT2D eigenvalue weighted by atomic mass is 15.1. The quantitative estimate of drug-likeness (QED) is 0.757. The Labute approximate surface area is 94.2 Å². The fourth-order valence-corrected chi connectivity index (χ4v) is 3.38. The molecule has 1 heterocycles. The van der Waals surface area contributed by atoms with Crippen LogP contribution in [0.15, 0.2) is 0 Å². The third kappa shape index (κ3) is 2.94. The highest BCUT2D eigenvalue weighted by Gasteiger charge is 2.29. The summed E-state index contributed by atoms with van der Waals surface area (Å²) in [7, 11) is 2.24. The molecule has 2 atom stereocenters. The molecule has 88 valence electrons. The molecule has 0 amide bonds. The van der Waals surface area contributed by atoms with Crippen LogP contribution in [0.1, 0.15) is 44.9 Å². The van der Waals surface area contributed by atoms with Crippen molar-refractivity contribution in [2.75, 3.05) is 20.1 Å². The van der Waals surface area contributed by atoms with E-state index in [-0.39, 0.29) is 0 Å². The maximum Gasteiger partial charge on any atom is 0.00961 e. The molecular weight excluding hydrogens is 184 g/mol. The second kappa shape index (κ2) is 5.31. The third-order valence-electron chi connectivity index (χ3n) is 4.48. The number of nitrogens with zero attached hydrogens (tertiary/aromatic N) is 1. The Hall–Kier alpha value is -0.0800. The first-order chi connectivity index (χ1) is 7.27. The number of likely N-dealkylation sites (tertiary alicyclic amines) is 1. The first kappa shape index (κ1) is 11.4. The molecular formula is C13H26N2. The van der Waals surface area contributed by atoms with Gasteiger partial charge in [-0.25, -0.2) is 0 Å². The molecule has 0 radical (unpaired) electrons. The lowest BCUT2D eigenvalue weighted by molar-refractivity contribution is 0.279. The molecule has 0 bridgehead atoms. The minimum Gasteiger partial charge on any atom is -0.327 e. The van der Waals surface area contributed by atoms with Crippen molar-refractivity contribution in [2.45, 2.75) is 51.0 Å². The first-order valence-electron chi connectivity index (χ1n) is 6.71. The van der Waals surface area contributed by atoms with Crippen LogP contribution in [0.3, 0.4) is 0 Å². The van der Waals surface area contributed by atoms with Crippen LogP contribution in [0.25, 0.3) is 0 Å². The van der Waals surface area contributed by atoms with Crippen LogP contribution >= 0.6 is 0 Å². The molecule has 0 aromatic carbocycles. The SMILES string of the molecule is CN1CCCC(C(N)C2CCCC2)CC1. The summed E-state index contributed by atoms with van der Waals surface area (Å²) in [5.41, 5.74) is 6.45. The molecule has 0 aromatic rings. The minimum atomic E-state index is 0.499. The van der Waals surface area contributed by atoms with E-state index >= 15 is 0 Å². The van der Waals surface area contributed by atoms with Crippen molar-refractivity contribution < 1.29 is 0 Å². The van der Waals surface area contributed by atoms with Crippen LogP contribution in [-0.2, 0) is 0 Å². The molecule has 15 heavy (non-hydrogen) atoms. The van der Waals surface area contributed by atoms with Gasteiger partial charge in [-0.05, 0) is 64.1 Å². The predicted molar refractivity (Wildman–Crippen MR) is 64.8 cm³/mol. The zero-order valence-corrected chi connectivity index (χ0v) is 10.1. The van der Waals surface area contributed by atoms with Crippen molar-refractivity contribution in [1.82, 2.24) is 4.90 Å². The Balaban J connectivity index is 1.85. The average Bonchev–Trinajstić information content (AvgIpc) is 2.67. The molecule has 2 fully saturated rings. The summed E-state index contributed by atoms with van der Waals surface area (Å²) in [6.07, 6.45) is 9.68. The maximum atomic E-state index is 6.45. The van der Waals surface area contributed by atoms with Crippen LogP contribution in [0.4, 0.5) is 0 Å². The molecule has 2 aliphatic rings. The predicted octanol–water partition coefficient (Wildman–Crippen LogP) is 2.24. The van der Waals surface area contributed by atoms with Gasteiger partial charge in [-0.3, -0.25) is 0 Å². The third-order valence-corrected chi connectivity index (χ3v) is 4.48. The highest BCUT2D eigenvalue weighted by molar-refractivity contribution is 4.85. The topological polar surface area (TPSA) is 29.3 Å². The van der Waals surface area contributed by atoms with Gasteiger partial charge in [0.25, 0.3) is 0 Å². The molecule has 2 nitrogen and oxygen atoms in total.